The minimum atomic E-state index is -0.497. The zero-order valence-electron chi connectivity index (χ0n) is 15.6. The van der Waals surface area contributed by atoms with Gasteiger partial charge in [0.25, 0.3) is 0 Å². The largest absolute Gasteiger partial charge is 0.347 e. The topological polar surface area (TPSA) is 61.4 Å². The normalized spacial score (nSPS) is 25.1. The SMILES string of the molecule is CN(C)C(=O)C(Cc1ccccc1)NC(=O)CC1CC2CCC(C1)N2.Cl. The summed E-state index contributed by atoms with van der Waals surface area (Å²) < 4.78 is 0. The summed E-state index contributed by atoms with van der Waals surface area (Å²) in [6.45, 7) is 0. The van der Waals surface area contributed by atoms with E-state index in [9.17, 15) is 9.59 Å². The fourth-order valence-corrected chi connectivity index (χ4v) is 4.22. The second-order valence-electron chi connectivity index (χ2n) is 7.72. The van der Waals surface area contributed by atoms with E-state index in [1.807, 2.05) is 30.3 Å². The molecule has 2 saturated heterocycles. The summed E-state index contributed by atoms with van der Waals surface area (Å²) in [5.74, 6) is 0.385. The van der Waals surface area contributed by atoms with Crippen LogP contribution in [0.25, 0.3) is 0 Å². The van der Waals surface area contributed by atoms with Gasteiger partial charge in [0.05, 0.1) is 0 Å². The van der Waals surface area contributed by atoms with E-state index in [0.29, 0.717) is 30.8 Å². The molecule has 3 rings (SSSR count). The van der Waals surface area contributed by atoms with E-state index in [1.165, 1.54) is 12.8 Å². The number of nitrogens with one attached hydrogen (secondary N) is 2. The summed E-state index contributed by atoms with van der Waals surface area (Å²) in [6, 6.07) is 10.5. The quantitative estimate of drug-likeness (QED) is 0.796. The molecule has 3 atom stereocenters. The van der Waals surface area contributed by atoms with Gasteiger partial charge in [0, 0.05) is 39.0 Å². The maximum absolute atomic E-state index is 12.6. The third kappa shape index (κ3) is 5.45. The van der Waals surface area contributed by atoms with Crippen molar-refractivity contribution in [1.82, 2.24) is 15.5 Å². The minimum Gasteiger partial charge on any atom is -0.347 e. The average Bonchev–Trinajstić information content (AvgIpc) is 2.93. The van der Waals surface area contributed by atoms with Gasteiger partial charge in [-0.2, -0.15) is 0 Å². The number of rotatable bonds is 6. The van der Waals surface area contributed by atoms with Gasteiger partial charge in [0.15, 0.2) is 0 Å². The Morgan fingerprint density at radius 2 is 1.77 bits per heavy atom. The Morgan fingerprint density at radius 3 is 2.35 bits per heavy atom. The number of benzene rings is 1. The maximum Gasteiger partial charge on any atom is 0.244 e. The summed E-state index contributed by atoms with van der Waals surface area (Å²) in [7, 11) is 3.47. The van der Waals surface area contributed by atoms with Gasteiger partial charge < -0.3 is 15.5 Å². The van der Waals surface area contributed by atoms with Crippen LogP contribution in [0.15, 0.2) is 30.3 Å². The Kier molecular flexibility index (Phi) is 7.47. The number of carbonyl (C=O) groups excluding carboxylic acids is 2. The minimum absolute atomic E-state index is 0. The second-order valence-corrected chi connectivity index (χ2v) is 7.72. The van der Waals surface area contributed by atoms with Crippen molar-refractivity contribution < 1.29 is 9.59 Å². The van der Waals surface area contributed by atoms with Crippen molar-refractivity contribution in [3.63, 3.8) is 0 Å². The molecule has 144 valence electrons. The van der Waals surface area contributed by atoms with Crippen molar-refractivity contribution in [1.29, 1.82) is 0 Å². The van der Waals surface area contributed by atoms with Crippen molar-refractivity contribution in [3.05, 3.63) is 35.9 Å². The highest BCUT2D eigenvalue weighted by molar-refractivity contribution is 5.87. The molecule has 2 amide bonds. The summed E-state index contributed by atoms with van der Waals surface area (Å²) in [6.07, 6.45) is 5.68. The van der Waals surface area contributed by atoms with E-state index in [1.54, 1.807) is 19.0 Å². The molecule has 2 fully saturated rings. The monoisotopic (exact) mass is 379 g/mol. The van der Waals surface area contributed by atoms with Crippen molar-refractivity contribution >= 4 is 24.2 Å². The lowest BCUT2D eigenvalue weighted by molar-refractivity contribution is -0.134. The van der Waals surface area contributed by atoms with E-state index in [2.05, 4.69) is 10.6 Å². The van der Waals surface area contributed by atoms with E-state index >= 15 is 0 Å². The highest BCUT2D eigenvalue weighted by atomic mass is 35.5. The summed E-state index contributed by atoms with van der Waals surface area (Å²) in [5.41, 5.74) is 1.06. The molecule has 0 aliphatic carbocycles. The van der Waals surface area contributed by atoms with Gasteiger partial charge in [-0.25, -0.2) is 0 Å². The number of hydrogen-bond acceptors (Lipinski definition) is 3. The van der Waals surface area contributed by atoms with Crippen molar-refractivity contribution in [2.75, 3.05) is 14.1 Å². The first-order chi connectivity index (χ1) is 12.0. The second kappa shape index (κ2) is 9.38. The Labute approximate surface area is 162 Å². The molecule has 5 nitrogen and oxygen atoms in total. The van der Waals surface area contributed by atoms with Crippen LogP contribution in [0.4, 0.5) is 0 Å². The van der Waals surface area contributed by atoms with Gasteiger partial charge >= 0.3 is 0 Å². The first kappa shape index (κ1) is 20.7. The van der Waals surface area contributed by atoms with Gasteiger partial charge in [-0.1, -0.05) is 30.3 Å². The number of amides is 2. The van der Waals surface area contributed by atoms with Crippen LogP contribution in [0.1, 0.15) is 37.7 Å². The molecule has 2 aliphatic heterocycles. The lowest BCUT2D eigenvalue weighted by Gasteiger charge is -2.29. The van der Waals surface area contributed by atoms with Gasteiger partial charge in [0.1, 0.15) is 6.04 Å². The Bertz CT molecular complexity index is 596. The molecule has 2 N–H and O–H groups in total. The molecule has 3 unspecified atom stereocenters. The molecule has 0 aromatic heterocycles. The third-order valence-corrected chi connectivity index (χ3v) is 5.40. The smallest absolute Gasteiger partial charge is 0.244 e. The van der Waals surface area contributed by atoms with Crippen molar-refractivity contribution in [2.24, 2.45) is 5.92 Å². The molecular weight excluding hydrogens is 350 g/mol. The average molecular weight is 380 g/mol. The molecular formula is C20H30ClN3O2. The molecule has 6 heteroatoms. The first-order valence-electron chi connectivity index (χ1n) is 9.31. The lowest BCUT2D eigenvalue weighted by Crippen LogP contribution is -2.48. The molecule has 0 radical (unpaired) electrons. The van der Waals surface area contributed by atoms with Crippen LogP contribution in [-0.4, -0.2) is 48.9 Å². The van der Waals surface area contributed by atoms with Crippen LogP contribution in [0.2, 0.25) is 0 Å². The van der Waals surface area contributed by atoms with Crippen LogP contribution in [0.3, 0.4) is 0 Å². The van der Waals surface area contributed by atoms with E-state index < -0.39 is 6.04 Å². The number of fused-ring (bicyclic) bond motifs is 2. The molecule has 0 saturated carbocycles. The zero-order valence-corrected chi connectivity index (χ0v) is 16.4. The number of hydrogen-bond donors (Lipinski definition) is 2. The number of nitrogens with zero attached hydrogens (tertiary/aromatic N) is 1. The Hall–Kier alpha value is -1.59. The van der Waals surface area contributed by atoms with Crippen LogP contribution < -0.4 is 10.6 Å². The molecule has 2 heterocycles. The molecule has 0 spiro atoms. The maximum atomic E-state index is 12.6. The zero-order chi connectivity index (χ0) is 17.8. The van der Waals surface area contributed by atoms with Crippen LogP contribution in [0.5, 0.6) is 0 Å². The predicted octanol–water partition coefficient (Wildman–Crippen LogP) is 2.14. The predicted molar refractivity (Wildman–Crippen MR) is 105 cm³/mol. The summed E-state index contributed by atoms with van der Waals surface area (Å²) in [5, 5.41) is 6.60. The summed E-state index contributed by atoms with van der Waals surface area (Å²) in [4.78, 5) is 26.6. The molecule has 1 aromatic rings. The summed E-state index contributed by atoms with van der Waals surface area (Å²) >= 11 is 0. The highest BCUT2D eigenvalue weighted by Gasteiger charge is 2.34. The molecule has 2 aliphatic rings. The molecule has 2 bridgehead atoms. The highest BCUT2D eigenvalue weighted by Crippen LogP contribution is 2.32. The molecule has 1 aromatic carbocycles. The van der Waals surface area contributed by atoms with Crippen LogP contribution >= 0.6 is 12.4 Å². The molecule has 26 heavy (non-hydrogen) atoms. The van der Waals surface area contributed by atoms with Gasteiger partial charge in [-0.3, -0.25) is 9.59 Å². The number of halogens is 1. The fraction of sp³-hybridized carbons (Fsp3) is 0.600. The third-order valence-electron chi connectivity index (χ3n) is 5.40. The standard InChI is InChI=1S/C20H29N3O2.ClH/c1-23(2)20(25)18(12-14-6-4-3-5-7-14)22-19(24)13-15-10-16-8-9-17(11-15)21-16;/h3-7,15-18,21H,8-13H2,1-2H3,(H,22,24);1H. The van der Waals surface area contributed by atoms with Crippen molar-refractivity contribution in [2.45, 2.75) is 56.7 Å². The Balaban J connectivity index is 0.00000243. The fourth-order valence-electron chi connectivity index (χ4n) is 4.22. The van der Waals surface area contributed by atoms with Crippen molar-refractivity contribution in [3.8, 4) is 0 Å². The number of likely N-dealkylation sites (N-methyl/N-ethyl adjacent to an activating group) is 1. The van der Waals surface area contributed by atoms with E-state index in [-0.39, 0.29) is 24.2 Å². The van der Waals surface area contributed by atoms with E-state index in [4.69, 9.17) is 0 Å². The number of carbonyl (C=O) groups is 2. The van der Waals surface area contributed by atoms with Gasteiger partial charge in [0.2, 0.25) is 11.8 Å². The van der Waals surface area contributed by atoms with Crippen LogP contribution in [0, 0.1) is 5.92 Å². The first-order valence-corrected chi connectivity index (χ1v) is 9.31. The van der Waals surface area contributed by atoms with Crippen LogP contribution in [-0.2, 0) is 16.0 Å². The van der Waals surface area contributed by atoms with Gasteiger partial charge in [-0.05, 0) is 37.2 Å². The number of piperidine rings is 1. The van der Waals surface area contributed by atoms with Gasteiger partial charge in [-0.15, -0.1) is 12.4 Å². The van der Waals surface area contributed by atoms with E-state index in [0.717, 1.165) is 18.4 Å². The Morgan fingerprint density at radius 1 is 1.15 bits per heavy atom. The lowest BCUT2D eigenvalue weighted by atomic mass is 9.89.